The summed E-state index contributed by atoms with van der Waals surface area (Å²) in [7, 11) is 0. The first-order valence-corrected chi connectivity index (χ1v) is 7.07. The molecule has 0 spiro atoms. The molecule has 1 heterocycles. The van der Waals surface area contributed by atoms with Crippen LogP contribution in [0.15, 0.2) is 12.1 Å². The van der Waals surface area contributed by atoms with E-state index < -0.39 is 12.6 Å². The van der Waals surface area contributed by atoms with Gasteiger partial charge in [-0.15, -0.1) is 0 Å². The Balaban J connectivity index is 2.72. The van der Waals surface area contributed by atoms with Crippen LogP contribution in [-0.4, -0.2) is 17.7 Å². The summed E-state index contributed by atoms with van der Waals surface area (Å²) >= 11 is 0. The maximum Gasteiger partial charge on any atom is 0.389 e. The van der Waals surface area contributed by atoms with Crippen LogP contribution in [0.2, 0.25) is 0 Å². The quantitative estimate of drug-likeness (QED) is 0.800. The second-order valence-electron chi connectivity index (χ2n) is 5.14. The first-order chi connectivity index (χ1) is 9.33. The van der Waals surface area contributed by atoms with Gasteiger partial charge in [-0.1, -0.05) is 13.0 Å². The van der Waals surface area contributed by atoms with Crippen LogP contribution in [0.3, 0.4) is 0 Å². The fraction of sp³-hybridized carbons (Fsp3) is 0.667. The third kappa shape index (κ3) is 5.90. The van der Waals surface area contributed by atoms with E-state index in [0.29, 0.717) is 6.42 Å². The highest BCUT2D eigenvalue weighted by Gasteiger charge is 2.27. The predicted octanol–water partition coefficient (Wildman–Crippen LogP) is 4.47. The minimum atomic E-state index is -4.07. The van der Waals surface area contributed by atoms with Crippen LogP contribution in [0.25, 0.3) is 0 Å². The lowest BCUT2D eigenvalue weighted by molar-refractivity contribution is -0.135. The summed E-state index contributed by atoms with van der Waals surface area (Å²) in [6, 6.07) is 3.83. The van der Waals surface area contributed by atoms with E-state index >= 15 is 0 Å². The Morgan fingerprint density at radius 2 is 1.95 bits per heavy atom. The van der Waals surface area contributed by atoms with Crippen LogP contribution >= 0.6 is 0 Å². The number of hydrogen-bond acceptors (Lipinski definition) is 2. The lowest BCUT2D eigenvalue weighted by atomic mass is 9.99. The van der Waals surface area contributed by atoms with Gasteiger partial charge in [-0.2, -0.15) is 13.2 Å². The summed E-state index contributed by atoms with van der Waals surface area (Å²) in [5.74, 6) is 0. The number of nitrogens with zero attached hydrogens (tertiary/aromatic N) is 1. The van der Waals surface area contributed by atoms with Gasteiger partial charge in [-0.3, -0.25) is 4.98 Å². The summed E-state index contributed by atoms with van der Waals surface area (Å²) in [5, 5.41) is 3.32. The van der Waals surface area contributed by atoms with Crippen LogP contribution in [0.4, 0.5) is 13.2 Å². The number of halogens is 3. The number of nitrogens with one attached hydrogen (secondary N) is 1. The van der Waals surface area contributed by atoms with Crippen molar-refractivity contribution < 1.29 is 13.2 Å². The summed E-state index contributed by atoms with van der Waals surface area (Å²) in [6.45, 7) is 6.66. The molecule has 2 nitrogen and oxygen atoms in total. The second-order valence-corrected chi connectivity index (χ2v) is 5.14. The van der Waals surface area contributed by atoms with E-state index in [0.717, 1.165) is 29.9 Å². The maximum absolute atomic E-state index is 12.3. The largest absolute Gasteiger partial charge is 0.389 e. The van der Waals surface area contributed by atoms with E-state index in [1.807, 2.05) is 32.9 Å². The Labute approximate surface area is 118 Å². The van der Waals surface area contributed by atoms with Gasteiger partial charge < -0.3 is 5.32 Å². The molecule has 20 heavy (non-hydrogen) atoms. The molecule has 0 fully saturated rings. The van der Waals surface area contributed by atoms with Crippen molar-refractivity contribution in [2.24, 2.45) is 0 Å². The van der Waals surface area contributed by atoms with Crippen LogP contribution in [0.1, 0.15) is 55.6 Å². The van der Waals surface area contributed by atoms with Gasteiger partial charge in [0.2, 0.25) is 0 Å². The first-order valence-electron chi connectivity index (χ1n) is 7.07. The third-order valence-corrected chi connectivity index (χ3v) is 3.24. The summed E-state index contributed by atoms with van der Waals surface area (Å²) in [6.07, 6.45) is -3.23. The number of rotatable bonds is 7. The summed E-state index contributed by atoms with van der Waals surface area (Å²) in [4.78, 5) is 4.40. The second kappa shape index (κ2) is 7.62. The fourth-order valence-corrected chi connectivity index (χ4v) is 2.26. The molecule has 1 aromatic rings. The Morgan fingerprint density at radius 1 is 1.25 bits per heavy atom. The zero-order valence-corrected chi connectivity index (χ0v) is 12.3. The molecule has 5 heteroatoms. The third-order valence-electron chi connectivity index (χ3n) is 3.24. The topological polar surface area (TPSA) is 24.9 Å². The molecule has 1 atom stereocenters. The van der Waals surface area contributed by atoms with Crippen LogP contribution in [0.5, 0.6) is 0 Å². The van der Waals surface area contributed by atoms with E-state index in [4.69, 9.17) is 0 Å². The van der Waals surface area contributed by atoms with Gasteiger partial charge >= 0.3 is 6.18 Å². The zero-order valence-electron chi connectivity index (χ0n) is 12.3. The van der Waals surface area contributed by atoms with Gasteiger partial charge in [0.05, 0.1) is 0 Å². The number of pyridine rings is 1. The number of aryl methyl sites for hydroxylation is 2. The molecule has 1 N–H and O–H groups in total. The molecular weight excluding hydrogens is 265 g/mol. The van der Waals surface area contributed by atoms with Gasteiger partial charge in [-0.05, 0) is 51.3 Å². The van der Waals surface area contributed by atoms with Crippen LogP contribution in [-0.2, 0) is 0 Å². The monoisotopic (exact) mass is 288 g/mol. The fourth-order valence-electron chi connectivity index (χ4n) is 2.26. The summed E-state index contributed by atoms with van der Waals surface area (Å²) in [5.41, 5.74) is 2.83. The molecule has 0 saturated carbocycles. The first kappa shape index (κ1) is 17.0. The van der Waals surface area contributed by atoms with E-state index in [-0.39, 0.29) is 12.5 Å². The molecule has 0 amide bonds. The standard InChI is InChI=1S/C15H23F3N2/c1-4-10-19-14(6-5-9-15(16,17)18)13-8-7-11(2)20-12(13)3/h7-8,14,19H,4-6,9-10H2,1-3H3. The van der Waals surface area contributed by atoms with Crippen molar-refractivity contribution in [3.63, 3.8) is 0 Å². The minimum absolute atomic E-state index is 0.0506. The van der Waals surface area contributed by atoms with E-state index in [9.17, 15) is 13.2 Å². The molecule has 1 unspecified atom stereocenters. The summed E-state index contributed by atoms with van der Waals surface area (Å²) < 4.78 is 36.8. The SMILES string of the molecule is CCCNC(CCCC(F)(F)F)c1ccc(C)nc1C. The molecule has 0 aromatic carbocycles. The molecule has 0 radical (unpaired) electrons. The number of hydrogen-bond donors (Lipinski definition) is 1. The Bertz CT molecular complexity index is 416. The molecule has 0 saturated heterocycles. The number of alkyl halides is 3. The average molecular weight is 288 g/mol. The van der Waals surface area contributed by atoms with E-state index in [1.54, 1.807) is 0 Å². The van der Waals surface area contributed by atoms with Crippen LogP contribution in [0, 0.1) is 13.8 Å². The smallest absolute Gasteiger partial charge is 0.310 e. The van der Waals surface area contributed by atoms with Gasteiger partial charge in [0.25, 0.3) is 0 Å². The van der Waals surface area contributed by atoms with E-state index in [1.165, 1.54) is 0 Å². The molecule has 0 aliphatic heterocycles. The lowest BCUT2D eigenvalue weighted by Gasteiger charge is -2.21. The van der Waals surface area contributed by atoms with Crippen LogP contribution < -0.4 is 5.32 Å². The normalized spacial score (nSPS) is 13.5. The highest BCUT2D eigenvalue weighted by Crippen LogP contribution is 2.27. The van der Waals surface area contributed by atoms with Gasteiger partial charge in [0.1, 0.15) is 0 Å². The van der Waals surface area contributed by atoms with Gasteiger partial charge in [0.15, 0.2) is 0 Å². The Kier molecular flexibility index (Phi) is 6.46. The van der Waals surface area contributed by atoms with Crippen molar-refractivity contribution in [3.8, 4) is 0 Å². The van der Waals surface area contributed by atoms with Crippen molar-refractivity contribution in [1.29, 1.82) is 0 Å². The minimum Gasteiger partial charge on any atom is -0.310 e. The predicted molar refractivity (Wildman–Crippen MR) is 74.7 cm³/mol. The molecular formula is C15H23F3N2. The molecule has 1 rings (SSSR count). The van der Waals surface area contributed by atoms with Crippen molar-refractivity contribution >= 4 is 0 Å². The lowest BCUT2D eigenvalue weighted by Crippen LogP contribution is -2.24. The molecule has 0 bridgehead atoms. The Morgan fingerprint density at radius 3 is 2.50 bits per heavy atom. The molecule has 0 aliphatic carbocycles. The van der Waals surface area contributed by atoms with Crippen molar-refractivity contribution in [2.75, 3.05) is 6.54 Å². The van der Waals surface area contributed by atoms with Crippen molar-refractivity contribution in [2.45, 2.75) is 58.7 Å². The average Bonchev–Trinajstić information content (AvgIpc) is 2.33. The molecule has 1 aromatic heterocycles. The zero-order chi connectivity index (χ0) is 15.2. The van der Waals surface area contributed by atoms with Crippen molar-refractivity contribution in [1.82, 2.24) is 10.3 Å². The van der Waals surface area contributed by atoms with Gasteiger partial charge in [0, 0.05) is 23.9 Å². The highest BCUT2D eigenvalue weighted by molar-refractivity contribution is 5.25. The molecule has 114 valence electrons. The number of aromatic nitrogens is 1. The highest BCUT2D eigenvalue weighted by atomic mass is 19.4. The molecule has 0 aliphatic rings. The van der Waals surface area contributed by atoms with Crippen molar-refractivity contribution in [3.05, 3.63) is 29.1 Å². The maximum atomic E-state index is 12.3. The van der Waals surface area contributed by atoms with Gasteiger partial charge in [-0.25, -0.2) is 0 Å². The Hall–Kier alpha value is -1.10. The van der Waals surface area contributed by atoms with E-state index in [2.05, 4.69) is 10.3 Å².